The average Bonchev–Trinajstić information content (AvgIpc) is 2.71. The summed E-state index contributed by atoms with van der Waals surface area (Å²) in [6.07, 6.45) is 0. The number of hydrogen-bond acceptors (Lipinski definition) is 3. The van der Waals surface area contributed by atoms with E-state index < -0.39 is 22.5 Å². The molecular formula is C21H17BrCl2N2O3S. The molecule has 1 amide bonds. The lowest BCUT2D eigenvalue weighted by Crippen LogP contribution is -2.37. The fourth-order valence-corrected chi connectivity index (χ4v) is 5.24. The van der Waals surface area contributed by atoms with Crippen molar-refractivity contribution in [1.29, 1.82) is 0 Å². The van der Waals surface area contributed by atoms with E-state index in [1.165, 1.54) is 18.2 Å². The number of hydrogen-bond donors (Lipinski definition) is 1. The minimum atomic E-state index is -4.11. The summed E-state index contributed by atoms with van der Waals surface area (Å²) in [5.41, 5.74) is 1.27. The Morgan fingerprint density at radius 2 is 1.63 bits per heavy atom. The third-order valence-electron chi connectivity index (χ3n) is 4.18. The summed E-state index contributed by atoms with van der Waals surface area (Å²) in [4.78, 5) is 12.5. The van der Waals surface area contributed by atoms with Gasteiger partial charge in [-0.05, 0) is 51.8 Å². The molecule has 0 aliphatic rings. The van der Waals surface area contributed by atoms with Gasteiger partial charge in [0.1, 0.15) is 4.90 Å². The molecule has 9 heteroatoms. The molecule has 0 radical (unpaired) electrons. The van der Waals surface area contributed by atoms with E-state index in [4.69, 9.17) is 23.2 Å². The van der Waals surface area contributed by atoms with Crippen molar-refractivity contribution >= 4 is 60.7 Å². The maximum absolute atomic E-state index is 13.4. The Labute approximate surface area is 193 Å². The molecule has 3 aromatic carbocycles. The van der Waals surface area contributed by atoms with E-state index in [-0.39, 0.29) is 21.5 Å². The number of benzene rings is 3. The largest absolute Gasteiger partial charge is 0.324 e. The van der Waals surface area contributed by atoms with Crippen LogP contribution >= 0.6 is 39.1 Å². The van der Waals surface area contributed by atoms with Crippen LogP contribution in [0.25, 0.3) is 0 Å². The zero-order valence-corrected chi connectivity index (χ0v) is 19.5. The summed E-state index contributed by atoms with van der Waals surface area (Å²) < 4.78 is 28.5. The van der Waals surface area contributed by atoms with Crippen molar-refractivity contribution in [3.8, 4) is 0 Å². The maximum Gasteiger partial charge on any atom is 0.245 e. The molecular weight excluding hydrogens is 511 g/mol. The van der Waals surface area contributed by atoms with Gasteiger partial charge in [-0.3, -0.25) is 4.79 Å². The Balaban J connectivity index is 1.93. The Kier molecular flexibility index (Phi) is 7.55. The van der Waals surface area contributed by atoms with Gasteiger partial charge in [-0.1, -0.05) is 65.7 Å². The smallest absolute Gasteiger partial charge is 0.245 e. The number of para-hydroxylation sites is 1. The summed E-state index contributed by atoms with van der Waals surface area (Å²) in [6.45, 7) is -0.406. The molecule has 0 saturated carbocycles. The van der Waals surface area contributed by atoms with Crippen LogP contribution in [0.3, 0.4) is 0 Å². The summed E-state index contributed by atoms with van der Waals surface area (Å²) in [5, 5.41) is 2.99. The van der Waals surface area contributed by atoms with E-state index in [0.29, 0.717) is 10.2 Å². The highest BCUT2D eigenvalue weighted by Gasteiger charge is 2.29. The molecule has 0 atom stereocenters. The predicted molar refractivity (Wildman–Crippen MR) is 123 cm³/mol. The molecule has 0 heterocycles. The lowest BCUT2D eigenvalue weighted by atomic mass is 10.2. The lowest BCUT2D eigenvalue weighted by molar-refractivity contribution is -0.116. The fourth-order valence-electron chi connectivity index (χ4n) is 2.74. The Morgan fingerprint density at radius 3 is 2.33 bits per heavy atom. The van der Waals surface area contributed by atoms with Crippen LogP contribution in [-0.2, 0) is 21.4 Å². The first kappa shape index (κ1) is 22.8. The van der Waals surface area contributed by atoms with Crippen molar-refractivity contribution in [1.82, 2.24) is 4.31 Å². The quantitative estimate of drug-likeness (QED) is 0.435. The molecule has 3 rings (SSSR count). The third kappa shape index (κ3) is 5.62. The molecule has 0 bridgehead atoms. The van der Waals surface area contributed by atoms with Gasteiger partial charge in [0, 0.05) is 16.0 Å². The minimum absolute atomic E-state index is 0.00457. The third-order valence-corrected chi connectivity index (χ3v) is 7.38. The van der Waals surface area contributed by atoms with Crippen molar-refractivity contribution in [2.75, 3.05) is 11.9 Å². The minimum Gasteiger partial charge on any atom is -0.324 e. The zero-order valence-electron chi connectivity index (χ0n) is 15.6. The van der Waals surface area contributed by atoms with E-state index in [0.717, 1.165) is 9.87 Å². The van der Waals surface area contributed by atoms with E-state index >= 15 is 0 Å². The second-order valence-corrected chi connectivity index (χ2v) is 9.97. The topological polar surface area (TPSA) is 66.5 Å². The van der Waals surface area contributed by atoms with E-state index in [9.17, 15) is 13.2 Å². The summed E-state index contributed by atoms with van der Waals surface area (Å²) in [6, 6.07) is 20.3. The first-order chi connectivity index (χ1) is 14.3. The van der Waals surface area contributed by atoms with Crippen LogP contribution in [0.1, 0.15) is 5.56 Å². The summed E-state index contributed by atoms with van der Waals surface area (Å²) >= 11 is 15.5. The number of anilines is 1. The lowest BCUT2D eigenvalue weighted by Gasteiger charge is -2.23. The second-order valence-electron chi connectivity index (χ2n) is 6.36. The van der Waals surface area contributed by atoms with Crippen molar-refractivity contribution in [2.45, 2.75) is 11.4 Å². The monoisotopic (exact) mass is 526 g/mol. The molecule has 0 fully saturated rings. The molecule has 0 unspecified atom stereocenters. The number of nitrogens with zero attached hydrogens (tertiary/aromatic N) is 1. The van der Waals surface area contributed by atoms with Gasteiger partial charge in [0.05, 0.1) is 17.3 Å². The van der Waals surface area contributed by atoms with Gasteiger partial charge in [0.25, 0.3) is 0 Å². The predicted octanol–water partition coefficient (Wildman–Crippen LogP) is 5.59. The van der Waals surface area contributed by atoms with Crippen LogP contribution in [0.5, 0.6) is 0 Å². The molecule has 0 saturated heterocycles. The van der Waals surface area contributed by atoms with Crippen molar-refractivity contribution in [2.24, 2.45) is 0 Å². The number of halogens is 3. The molecule has 5 nitrogen and oxygen atoms in total. The first-order valence-electron chi connectivity index (χ1n) is 8.81. The van der Waals surface area contributed by atoms with Crippen molar-refractivity contribution < 1.29 is 13.2 Å². The van der Waals surface area contributed by atoms with Crippen LogP contribution in [0.15, 0.2) is 82.2 Å². The van der Waals surface area contributed by atoms with Crippen LogP contribution < -0.4 is 5.32 Å². The molecule has 0 spiro atoms. The number of carbonyl (C=O) groups excluding carboxylic acids is 1. The Morgan fingerprint density at radius 1 is 0.967 bits per heavy atom. The van der Waals surface area contributed by atoms with Crippen LogP contribution in [0.2, 0.25) is 10.0 Å². The molecule has 0 aliphatic carbocycles. The van der Waals surface area contributed by atoms with Gasteiger partial charge >= 0.3 is 0 Å². The number of sulfonamides is 1. The van der Waals surface area contributed by atoms with Gasteiger partial charge in [0.2, 0.25) is 15.9 Å². The fraction of sp³-hybridized carbons (Fsp3) is 0.0952. The number of carbonyl (C=O) groups is 1. The van der Waals surface area contributed by atoms with Crippen LogP contribution in [0.4, 0.5) is 5.69 Å². The van der Waals surface area contributed by atoms with Crippen molar-refractivity contribution in [3.05, 3.63) is 92.9 Å². The molecule has 3 aromatic rings. The Bertz CT molecular complexity index is 1160. The second kappa shape index (κ2) is 9.94. The zero-order chi connectivity index (χ0) is 21.7. The van der Waals surface area contributed by atoms with E-state index in [1.54, 1.807) is 42.5 Å². The number of nitrogens with one attached hydrogen (secondary N) is 1. The summed E-state index contributed by atoms with van der Waals surface area (Å²) in [7, 11) is -4.11. The Hall–Kier alpha value is -1.90. The molecule has 1 N–H and O–H groups in total. The van der Waals surface area contributed by atoms with E-state index in [2.05, 4.69) is 21.2 Å². The van der Waals surface area contributed by atoms with Crippen molar-refractivity contribution in [3.63, 3.8) is 0 Å². The van der Waals surface area contributed by atoms with Gasteiger partial charge < -0.3 is 5.32 Å². The molecule has 0 aromatic heterocycles. The van der Waals surface area contributed by atoms with Gasteiger partial charge in [-0.15, -0.1) is 0 Å². The molecule has 0 aliphatic heterocycles. The van der Waals surface area contributed by atoms with Gasteiger partial charge in [-0.2, -0.15) is 4.31 Å². The van der Waals surface area contributed by atoms with E-state index in [1.807, 2.05) is 12.1 Å². The van der Waals surface area contributed by atoms with Gasteiger partial charge in [0.15, 0.2) is 0 Å². The van der Waals surface area contributed by atoms with Crippen LogP contribution in [0, 0.1) is 0 Å². The SMILES string of the molecule is O=C(CN(Cc1ccccc1)S(=O)(=O)c1cc(Cl)ccc1Cl)Nc1ccccc1Br. The summed E-state index contributed by atoms with van der Waals surface area (Å²) in [5.74, 6) is -0.487. The molecule has 156 valence electrons. The first-order valence-corrected chi connectivity index (χ1v) is 11.8. The average molecular weight is 528 g/mol. The number of rotatable bonds is 7. The standard InChI is InChI=1S/C21H17BrCl2N2O3S/c22-17-8-4-5-9-19(17)25-21(27)14-26(13-15-6-2-1-3-7-15)30(28,29)20-12-16(23)10-11-18(20)24/h1-12H,13-14H2,(H,25,27). The highest BCUT2D eigenvalue weighted by Crippen LogP contribution is 2.29. The highest BCUT2D eigenvalue weighted by atomic mass is 79.9. The maximum atomic E-state index is 13.4. The molecule has 30 heavy (non-hydrogen) atoms. The van der Waals surface area contributed by atoms with Crippen LogP contribution in [-0.4, -0.2) is 25.2 Å². The highest BCUT2D eigenvalue weighted by molar-refractivity contribution is 9.10. The normalized spacial score (nSPS) is 11.5. The van der Waals surface area contributed by atoms with Gasteiger partial charge in [-0.25, -0.2) is 8.42 Å². The number of amides is 1.